The SMILES string of the molecule is Cc1nc(C(=O)N2CCOC3(CCN(CCOc4ccc(CNC[C@H](O)c5ccc(O)c6[nH]c(=O)sc56)cc4)CC3)C2)cs1.O=C(O)C(F)(F)F.O=C(O)C(F)(F)F. The molecular formula is C35H39F6N5O10S2. The number of carbonyl (C=O) groups excluding carboxylic acids is 1. The van der Waals surface area contributed by atoms with Gasteiger partial charge in [0.15, 0.2) is 0 Å². The van der Waals surface area contributed by atoms with Crippen LogP contribution in [0.15, 0.2) is 46.6 Å². The van der Waals surface area contributed by atoms with Gasteiger partial charge in [0.05, 0.1) is 34.6 Å². The van der Waals surface area contributed by atoms with E-state index in [4.69, 9.17) is 29.3 Å². The number of aromatic amines is 1. The number of hydrogen-bond donors (Lipinski definition) is 6. The predicted octanol–water partition coefficient (Wildman–Crippen LogP) is 4.54. The molecule has 15 nitrogen and oxygen atoms in total. The number of aromatic nitrogens is 2. The maximum atomic E-state index is 12.9. The number of amides is 1. The second-order valence-corrected chi connectivity index (χ2v) is 15.0. The van der Waals surface area contributed by atoms with Crippen molar-refractivity contribution in [2.75, 3.05) is 52.5 Å². The van der Waals surface area contributed by atoms with Crippen LogP contribution in [0, 0.1) is 6.92 Å². The van der Waals surface area contributed by atoms with Crippen LogP contribution in [0.4, 0.5) is 26.3 Å². The lowest BCUT2D eigenvalue weighted by Gasteiger charge is -2.47. The van der Waals surface area contributed by atoms with Gasteiger partial charge in [-0.15, -0.1) is 11.3 Å². The average Bonchev–Trinajstić information content (AvgIpc) is 3.78. The van der Waals surface area contributed by atoms with Gasteiger partial charge in [0, 0.05) is 50.2 Å². The van der Waals surface area contributed by atoms with Gasteiger partial charge in [-0.25, -0.2) is 14.6 Å². The molecule has 0 radical (unpaired) electrons. The van der Waals surface area contributed by atoms with Crippen molar-refractivity contribution in [3.05, 3.63) is 73.3 Å². The number of halogens is 6. The second kappa shape index (κ2) is 19.8. The number of aryl methyl sites for hydroxylation is 1. The van der Waals surface area contributed by atoms with Gasteiger partial charge in [0.1, 0.15) is 29.3 Å². The Bertz CT molecular complexity index is 2040. The number of alkyl halides is 6. The molecule has 4 aromatic rings. The fraction of sp³-hybridized carbons (Fsp3) is 0.457. The van der Waals surface area contributed by atoms with Crippen molar-refractivity contribution >= 4 is 50.7 Å². The van der Waals surface area contributed by atoms with Gasteiger partial charge in [-0.3, -0.25) is 14.5 Å². The highest BCUT2D eigenvalue weighted by molar-refractivity contribution is 7.16. The number of carboxylic acids is 2. The van der Waals surface area contributed by atoms with Crippen LogP contribution in [0.5, 0.6) is 11.5 Å². The van der Waals surface area contributed by atoms with Crippen LogP contribution < -0.4 is 14.9 Å². The Labute approximate surface area is 333 Å². The molecule has 58 heavy (non-hydrogen) atoms. The number of benzene rings is 2. The Morgan fingerprint density at radius 1 is 1.02 bits per heavy atom. The van der Waals surface area contributed by atoms with Crippen molar-refractivity contribution in [1.82, 2.24) is 25.1 Å². The van der Waals surface area contributed by atoms with Gasteiger partial charge in [0.2, 0.25) is 0 Å². The zero-order valence-electron chi connectivity index (χ0n) is 30.6. The number of fused-ring (bicyclic) bond motifs is 1. The molecule has 6 rings (SSSR count). The molecule has 2 aliphatic heterocycles. The largest absolute Gasteiger partial charge is 0.506 e. The number of nitrogens with zero attached hydrogens (tertiary/aromatic N) is 3. The number of carboxylic acid groups (broad SMARTS) is 2. The van der Waals surface area contributed by atoms with E-state index in [1.54, 1.807) is 6.07 Å². The number of nitrogens with one attached hydrogen (secondary N) is 2. The van der Waals surface area contributed by atoms with E-state index < -0.39 is 30.4 Å². The number of aliphatic hydroxyl groups excluding tert-OH is 1. The molecule has 2 aromatic heterocycles. The van der Waals surface area contributed by atoms with Crippen molar-refractivity contribution in [3.63, 3.8) is 0 Å². The fourth-order valence-corrected chi connectivity index (χ4v) is 7.39. The Kier molecular flexibility index (Phi) is 15.6. The lowest BCUT2D eigenvalue weighted by atomic mass is 9.89. The number of ether oxygens (including phenoxy) is 2. The molecule has 1 spiro atoms. The molecule has 0 bridgehead atoms. The number of carbonyl (C=O) groups is 3. The number of rotatable bonds is 10. The Balaban J connectivity index is 0.000000456. The van der Waals surface area contributed by atoms with E-state index in [0.29, 0.717) is 60.9 Å². The molecule has 0 unspecified atom stereocenters. The highest BCUT2D eigenvalue weighted by Crippen LogP contribution is 2.32. The van der Waals surface area contributed by atoms with Crippen molar-refractivity contribution in [1.29, 1.82) is 0 Å². The van der Waals surface area contributed by atoms with Crippen molar-refractivity contribution in [3.8, 4) is 11.5 Å². The van der Waals surface area contributed by atoms with E-state index in [0.717, 1.165) is 60.1 Å². The molecule has 2 fully saturated rings. The fourth-order valence-electron chi connectivity index (χ4n) is 5.89. The summed E-state index contributed by atoms with van der Waals surface area (Å²) in [4.78, 5) is 53.5. The Morgan fingerprint density at radius 2 is 1.64 bits per heavy atom. The Hall–Kier alpha value is -4.81. The number of aliphatic carboxylic acids is 2. The first kappa shape index (κ1) is 45.9. The Morgan fingerprint density at radius 3 is 2.21 bits per heavy atom. The summed E-state index contributed by atoms with van der Waals surface area (Å²) >= 11 is 2.48. The maximum Gasteiger partial charge on any atom is 0.490 e. The average molecular weight is 868 g/mol. The number of phenols is 1. The number of aromatic hydroxyl groups is 1. The van der Waals surface area contributed by atoms with E-state index in [1.807, 2.05) is 41.5 Å². The summed E-state index contributed by atoms with van der Waals surface area (Å²) < 4.78 is 76.3. The van der Waals surface area contributed by atoms with E-state index in [9.17, 15) is 46.1 Å². The number of thiazole rings is 2. The lowest BCUT2D eigenvalue weighted by molar-refractivity contribution is -0.193. The highest BCUT2D eigenvalue weighted by Gasteiger charge is 2.42. The molecule has 1 atom stereocenters. The summed E-state index contributed by atoms with van der Waals surface area (Å²) in [6.07, 6.45) is -9.23. The summed E-state index contributed by atoms with van der Waals surface area (Å²) in [5.41, 5.74) is 2.27. The van der Waals surface area contributed by atoms with Crippen LogP contribution in [-0.4, -0.2) is 128 Å². The molecule has 4 heterocycles. The first-order chi connectivity index (χ1) is 27.2. The molecule has 2 saturated heterocycles. The molecule has 318 valence electrons. The lowest BCUT2D eigenvalue weighted by Crippen LogP contribution is -2.58. The molecule has 0 saturated carbocycles. The number of H-pyrrole nitrogens is 1. The minimum Gasteiger partial charge on any atom is -0.506 e. The van der Waals surface area contributed by atoms with Gasteiger partial charge < -0.3 is 45.1 Å². The van der Waals surface area contributed by atoms with Gasteiger partial charge in [-0.1, -0.05) is 29.5 Å². The molecule has 2 aromatic carbocycles. The maximum absolute atomic E-state index is 12.9. The normalized spacial score (nSPS) is 16.2. The smallest absolute Gasteiger partial charge is 0.490 e. The van der Waals surface area contributed by atoms with Crippen LogP contribution >= 0.6 is 22.7 Å². The number of piperidine rings is 1. The summed E-state index contributed by atoms with van der Waals surface area (Å²) in [6.45, 7) is 7.75. The first-order valence-electron chi connectivity index (χ1n) is 17.3. The van der Waals surface area contributed by atoms with Crippen LogP contribution in [0.2, 0.25) is 0 Å². The van der Waals surface area contributed by atoms with Gasteiger partial charge >= 0.3 is 29.2 Å². The third kappa shape index (κ3) is 13.1. The number of likely N-dealkylation sites (tertiary alicyclic amines) is 1. The zero-order valence-corrected chi connectivity index (χ0v) is 32.2. The monoisotopic (exact) mass is 867 g/mol. The number of morpholine rings is 1. The predicted molar refractivity (Wildman–Crippen MR) is 197 cm³/mol. The molecule has 2 aliphatic rings. The quantitative estimate of drug-likeness (QED) is 0.121. The zero-order chi connectivity index (χ0) is 42.8. The molecule has 0 aliphatic carbocycles. The standard InChI is InChI=1S/C31H37N5O6S2.2C2HF3O2/c1-20-33-24(18-43-20)29(39)36-13-15-42-31(19-36)8-10-35(11-9-31)12-14-41-22-4-2-21(3-5-22)16-32-17-26(38)23-6-7-25(37)27-28(23)44-30(40)34-27;2*3-2(4,5)1(6)7/h2-7,18,26,32,37-38H,8-17,19H2,1H3,(H,34,40);2*(H,6,7)/t26-;;/m0../s1. The van der Waals surface area contributed by atoms with E-state index in [1.165, 1.54) is 17.4 Å². The molecule has 6 N–H and O–H groups in total. The number of aliphatic hydroxyl groups is 1. The van der Waals surface area contributed by atoms with E-state index in [2.05, 4.69) is 20.2 Å². The third-order valence-corrected chi connectivity index (χ3v) is 10.5. The molecule has 23 heteroatoms. The summed E-state index contributed by atoms with van der Waals surface area (Å²) in [7, 11) is 0. The molecule has 1 amide bonds. The topological polar surface area (TPSA) is 215 Å². The van der Waals surface area contributed by atoms with Gasteiger partial charge in [-0.2, -0.15) is 26.3 Å². The molecular weight excluding hydrogens is 829 g/mol. The van der Waals surface area contributed by atoms with Crippen molar-refractivity contribution < 1.29 is 70.6 Å². The van der Waals surface area contributed by atoms with Gasteiger partial charge in [-0.05, 0) is 43.5 Å². The van der Waals surface area contributed by atoms with Crippen LogP contribution in [0.1, 0.15) is 45.6 Å². The van der Waals surface area contributed by atoms with Crippen LogP contribution in [-0.2, 0) is 20.9 Å². The summed E-state index contributed by atoms with van der Waals surface area (Å²) in [5, 5.41) is 40.9. The van der Waals surface area contributed by atoms with E-state index >= 15 is 0 Å². The van der Waals surface area contributed by atoms with Gasteiger partial charge in [0.25, 0.3) is 5.91 Å². The minimum atomic E-state index is -5.08. The number of hydrogen-bond acceptors (Lipinski definition) is 13. The minimum absolute atomic E-state index is 0.000104. The van der Waals surface area contributed by atoms with Crippen LogP contribution in [0.25, 0.3) is 10.2 Å². The van der Waals surface area contributed by atoms with Crippen LogP contribution in [0.3, 0.4) is 0 Å². The van der Waals surface area contributed by atoms with Crippen molar-refractivity contribution in [2.45, 2.75) is 50.4 Å². The second-order valence-electron chi connectivity index (χ2n) is 13.0. The first-order valence-corrected chi connectivity index (χ1v) is 19.0. The van der Waals surface area contributed by atoms with E-state index in [-0.39, 0.29) is 22.1 Å². The highest BCUT2D eigenvalue weighted by atomic mass is 32.1. The third-order valence-electron chi connectivity index (χ3n) is 8.84. The number of phenolic OH excluding ortho intramolecular Hbond substituents is 1. The summed E-state index contributed by atoms with van der Waals surface area (Å²) in [5.74, 6) is -4.72. The van der Waals surface area contributed by atoms with Crippen molar-refractivity contribution in [2.24, 2.45) is 0 Å². The summed E-state index contributed by atoms with van der Waals surface area (Å²) in [6, 6.07) is 11.0.